The summed E-state index contributed by atoms with van der Waals surface area (Å²) in [6.45, 7) is 6.80. The van der Waals surface area contributed by atoms with Gasteiger partial charge in [0.1, 0.15) is 12.4 Å². The molecular weight excluding hydrogens is 404 g/mol. The number of benzene rings is 2. The Morgan fingerprint density at radius 2 is 1.97 bits per heavy atom. The summed E-state index contributed by atoms with van der Waals surface area (Å²) in [7, 11) is 0. The van der Waals surface area contributed by atoms with Crippen LogP contribution in [-0.2, 0) is 24.4 Å². The third-order valence-electron chi connectivity index (χ3n) is 6.13. The molecule has 168 valence electrons. The zero-order valence-corrected chi connectivity index (χ0v) is 18.9. The topological polar surface area (TPSA) is 82.6 Å². The van der Waals surface area contributed by atoms with Crippen molar-refractivity contribution >= 4 is 16.8 Å². The van der Waals surface area contributed by atoms with Crippen LogP contribution in [0.1, 0.15) is 49.1 Å². The number of nitrogens with zero attached hydrogens (tertiary/aromatic N) is 1. The summed E-state index contributed by atoms with van der Waals surface area (Å²) in [6, 6.07) is 13.4. The van der Waals surface area contributed by atoms with E-state index in [0.29, 0.717) is 36.9 Å². The molecule has 1 amide bonds. The predicted octanol–water partition coefficient (Wildman–Crippen LogP) is 3.85. The molecule has 6 nitrogen and oxygen atoms in total. The van der Waals surface area contributed by atoms with E-state index in [1.54, 1.807) is 13.8 Å². The van der Waals surface area contributed by atoms with E-state index in [9.17, 15) is 14.7 Å². The first kappa shape index (κ1) is 22.1. The Morgan fingerprint density at radius 3 is 2.75 bits per heavy atom. The number of ether oxygens (including phenoxy) is 1. The van der Waals surface area contributed by atoms with Gasteiger partial charge in [-0.2, -0.15) is 0 Å². The van der Waals surface area contributed by atoms with Gasteiger partial charge in [0, 0.05) is 36.0 Å². The Balaban J connectivity index is 1.43. The summed E-state index contributed by atoms with van der Waals surface area (Å²) in [6.07, 6.45) is 1.58. The number of carbonyl (C=O) groups is 1. The van der Waals surface area contributed by atoms with E-state index in [4.69, 9.17) is 4.74 Å². The average molecular weight is 435 g/mol. The predicted molar refractivity (Wildman–Crippen MR) is 125 cm³/mol. The zero-order chi connectivity index (χ0) is 22.9. The van der Waals surface area contributed by atoms with Gasteiger partial charge in [-0.15, -0.1) is 0 Å². The summed E-state index contributed by atoms with van der Waals surface area (Å²) < 4.78 is 6.01. The summed E-state index contributed by atoms with van der Waals surface area (Å²) in [4.78, 5) is 30.3. The molecule has 0 saturated heterocycles. The second-order valence-corrected chi connectivity index (χ2v) is 9.20. The second-order valence-electron chi connectivity index (χ2n) is 9.20. The van der Waals surface area contributed by atoms with Crippen LogP contribution in [0.3, 0.4) is 0 Å². The number of hydrogen-bond donors (Lipinski definition) is 2. The van der Waals surface area contributed by atoms with E-state index in [1.165, 1.54) is 5.56 Å². The van der Waals surface area contributed by atoms with Crippen LogP contribution in [0.5, 0.6) is 5.75 Å². The first-order valence-electron chi connectivity index (χ1n) is 11.1. The number of pyridine rings is 1. The van der Waals surface area contributed by atoms with Crippen molar-refractivity contribution in [3.05, 3.63) is 75.1 Å². The van der Waals surface area contributed by atoms with Crippen molar-refractivity contribution in [3.8, 4) is 5.75 Å². The highest BCUT2D eigenvalue weighted by Gasteiger charge is 2.23. The molecule has 2 aromatic carbocycles. The Labute approximate surface area is 187 Å². The van der Waals surface area contributed by atoms with Crippen LogP contribution >= 0.6 is 0 Å². The number of hydrogen-bond acceptors (Lipinski definition) is 4. The maximum Gasteiger partial charge on any atom is 0.222 e. The number of fused-ring (bicyclic) bond motifs is 2. The van der Waals surface area contributed by atoms with E-state index in [0.717, 1.165) is 28.9 Å². The number of amides is 1. The van der Waals surface area contributed by atoms with Crippen LogP contribution in [0.2, 0.25) is 0 Å². The fraction of sp³-hybridized carbons (Fsp3) is 0.385. The number of aliphatic hydroxyl groups is 1. The standard InChI is InChI=1S/C26H30N2O4/c1-17-23(27-22-7-5-4-6-21(22)25(17)30)16-32-20-9-8-19-15-28(13-11-18(19)14-20)24(29)10-12-26(2,3)31/h4-9,14,31H,10-13,15-16H2,1-3H3,(H,27,30). The van der Waals surface area contributed by atoms with Crippen molar-refractivity contribution in [2.75, 3.05) is 6.54 Å². The molecule has 0 fully saturated rings. The van der Waals surface area contributed by atoms with Crippen molar-refractivity contribution in [1.29, 1.82) is 0 Å². The van der Waals surface area contributed by atoms with Crippen molar-refractivity contribution in [2.24, 2.45) is 0 Å². The van der Waals surface area contributed by atoms with Gasteiger partial charge in [0.2, 0.25) is 5.91 Å². The zero-order valence-electron chi connectivity index (χ0n) is 18.9. The molecule has 0 atom stereocenters. The average Bonchev–Trinajstić information content (AvgIpc) is 2.78. The SMILES string of the molecule is Cc1c(COc2ccc3c(c2)CCN(C(=O)CCC(C)(C)O)C3)[nH]c2ccccc2c1=O. The number of rotatable bonds is 6. The van der Waals surface area contributed by atoms with Gasteiger partial charge in [0.05, 0.1) is 11.3 Å². The molecule has 0 bridgehead atoms. The number of aromatic amines is 1. The Kier molecular flexibility index (Phi) is 6.07. The first-order chi connectivity index (χ1) is 15.2. The van der Waals surface area contributed by atoms with Gasteiger partial charge in [0.15, 0.2) is 5.43 Å². The molecule has 0 saturated carbocycles. The lowest BCUT2D eigenvalue weighted by Gasteiger charge is -2.30. The van der Waals surface area contributed by atoms with Crippen molar-refractivity contribution in [1.82, 2.24) is 9.88 Å². The Morgan fingerprint density at radius 1 is 1.19 bits per heavy atom. The van der Waals surface area contributed by atoms with Crippen molar-refractivity contribution in [3.63, 3.8) is 0 Å². The molecule has 0 unspecified atom stereocenters. The normalized spacial score (nSPS) is 13.8. The van der Waals surface area contributed by atoms with Crippen LogP contribution in [0, 0.1) is 6.92 Å². The molecule has 1 aromatic heterocycles. The molecular formula is C26H30N2O4. The Bertz CT molecular complexity index is 1210. The molecule has 0 radical (unpaired) electrons. The van der Waals surface area contributed by atoms with Gasteiger partial charge in [-0.25, -0.2) is 0 Å². The number of carbonyl (C=O) groups excluding carboxylic acids is 1. The third kappa shape index (κ3) is 4.86. The van der Waals surface area contributed by atoms with E-state index < -0.39 is 5.60 Å². The molecule has 0 spiro atoms. The Hall–Kier alpha value is -3.12. The summed E-state index contributed by atoms with van der Waals surface area (Å²) in [5, 5.41) is 10.6. The number of nitrogens with one attached hydrogen (secondary N) is 1. The van der Waals surface area contributed by atoms with Gasteiger partial charge < -0.3 is 19.7 Å². The fourth-order valence-corrected chi connectivity index (χ4v) is 4.09. The summed E-state index contributed by atoms with van der Waals surface area (Å²) >= 11 is 0. The van der Waals surface area contributed by atoms with E-state index >= 15 is 0 Å². The number of H-pyrrole nitrogens is 1. The number of aromatic nitrogens is 1. The van der Waals surface area contributed by atoms with Gasteiger partial charge in [-0.1, -0.05) is 18.2 Å². The van der Waals surface area contributed by atoms with Crippen LogP contribution in [-0.4, -0.2) is 33.0 Å². The van der Waals surface area contributed by atoms with E-state index in [2.05, 4.69) is 4.98 Å². The molecule has 32 heavy (non-hydrogen) atoms. The molecule has 1 aliphatic rings. The van der Waals surface area contributed by atoms with Gasteiger partial charge in [-0.05, 0) is 69.0 Å². The van der Waals surface area contributed by atoms with Crippen LogP contribution in [0.4, 0.5) is 0 Å². The minimum atomic E-state index is -0.830. The maximum atomic E-state index is 12.6. The highest BCUT2D eigenvalue weighted by atomic mass is 16.5. The van der Waals surface area contributed by atoms with Crippen molar-refractivity contribution in [2.45, 2.75) is 58.8 Å². The van der Waals surface area contributed by atoms with E-state index in [1.807, 2.05) is 54.3 Å². The molecule has 1 aliphatic heterocycles. The second kappa shape index (κ2) is 8.79. The van der Waals surface area contributed by atoms with Gasteiger partial charge >= 0.3 is 0 Å². The summed E-state index contributed by atoms with van der Waals surface area (Å²) in [5.41, 5.74) is 3.74. The number of para-hydroxylation sites is 1. The summed E-state index contributed by atoms with van der Waals surface area (Å²) in [5.74, 6) is 0.827. The lowest BCUT2D eigenvalue weighted by molar-refractivity contribution is -0.133. The molecule has 2 N–H and O–H groups in total. The highest BCUT2D eigenvalue weighted by molar-refractivity contribution is 5.79. The first-order valence-corrected chi connectivity index (χ1v) is 11.1. The fourth-order valence-electron chi connectivity index (χ4n) is 4.09. The minimum absolute atomic E-state index is 0.0257. The molecule has 4 rings (SSSR count). The van der Waals surface area contributed by atoms with Crippen LogP contribution in [0.15, 0.2) is 47.3 Å². The minimum Gasteiger partial charge on any atom is -0.487 e. The molecule has 3 aromatic rings. The van der Waals surface area contributed by atoms with Gasteiger partial charge in [0.25, 0.3) is 0 Å². The van der Waals surface area contributed by atoms with E-state index in [-0.39, 0.29) is 17.9 Å². The molecule has 2 heterocycles. The molecule has 6 heteroatoms. The monoisotopic (exact) mass is 434 g/mol. The van der Waals surface area contributed by atoms with Crippen LogP contribution in [0.25, 0.3) is 10.9 Å². The quantitative estimate of drug-likeness (QED) is 0.617. The third-order valence-corrected chi connectivity index (χ3v) is 6.13. The smallest absolute Gasteiger partial charge is 0.222 e. The highest BCUT2D eigenvalue weighted by Crippen LogP contribution is 2.25. The molecule has 0 aliphatic carbocycles. The van der Waals surface area contributed by atoms with Crippen molar-refractivity contribution < 1.29 is 14.6 Å². The van der Waals surface area contributed by atoms with Gasteiger partial charge in [-0.3, -0.25) is 9.59 Å². The largest absolute Gasteiger partial charge is 0.487 e. The lowest BCUT2D eigenvalue weighted by Crippen LogP contribution is -2.36. The maximum absolute atomic E-state index is 12.6. The lowest BCUT2D eigenvalue weighted by atomic mass is 9.98. The van der Waals surface area contributed by atoms with Crippen LogP contribution < -0.4 is 10.2 Å².